The lowest BCUT2D eigenvalue weighted by Crippen LogP contribution is -2.48. The van der Waals surface area contributed by atoms with E-state index in [2.05, 4.69) is 0 Å². The molecule has 1 N–H and O–H groups in total. The maximum absolute atomic E-state index is 12.6. The van der Waals surface area contributed by atoms with E-state index in [1.165, 1.54) is 12.1 Å². The number of phenolic OH excluding ortho intramolecular Hbond substituents is 1. The van der Waals surface area contributed by atoms with Crippen LogP contribution < -0.4 is 0 Å². The molecule has 1 aromatic carbocycles. The molecule has 1 amide bonds. The van der Waals surface area contributed by atoms with Gasteiger partial charge in [0.05, 0.1) is 16.7 Å². The molecule has 2 saturated heterocycles. The summed E-state index contributed by atoms with van der Waals surface area (Å²) in [6, 6.07) is 2.82. The number of likely N-dealkylation sites (tertiary alicyclic amines) is 1. The highest BCUT2D eigenvalue weighted by Crippen LogP contribution is 2.34. The zero-order valence-corrected chi connectivity index (χ0v) is 13.0. The molecule has 0 spiro atoms. The molecule has 0 bridgehead atoms. The van der Waals surface area contributed by atoms with Crippen molar-refractivity contribution in [3.8, 4) is 5.75 Å². The van der Waals surface area contributed by atoms with Crippen LogP contribution in [0.15, 0.2) is 12.1 Å². The van der Waals surface area contributed by atoms with Crippen LogP contribution in [0.5, 0.6) is 5.75 Å². The molecule has 2 aliphatic heterocycles. The molecular formula is C15H17Cl2NO3. The van der Waals surface area contributed by atoms with Crippen LogP contribution in [0.25, 0.3) is 0 Å². The molecule has 6 heteroatoms. The summed E-state index contributed by atoms with van der Waals surface area (Å²) in [6.07, 6.45) is 3.21. The second kappa shape index (κ2) is 6.03. The molecular weight excluding hydrogens is 313 g/mol. The Labute approximate surface area is 133 Å². The summed E-state index contributed by atoms with van der Waals surface area (Å²) in [6.45, 7) is 2.10. The number of hydrogen-bond donors (Lipinski definition) is 1. The zero-order valence-electron chi connectivity index (χ0n) is 11.5. The highest BCUT2D eigenvalue weighted by Gasteiger charge is 2.35. The Morgan fingerprint density at radius 2 is 2.14 bits per heavy atom. The van der Waals surface area contributed by atoms with Crippen molar-refractivity contribution in [1.29, 1.82) is 0 Å². The number of ether oxygens (including phenoxy) is 1. The smallest absolute Gasteiger partial charge is 0.259 e. The van der Waals surface area contributed by atoms with Crippen molar-refractivity contribution in [3.05, 3.63) is 27.7 Å². The minimum absolute atomic E-state index is 0.135. The van der Waals surface area contributed by atoms with Gasteiger partial charge in [-0.3, -0.25) is 4.79 Å². The van der Waals surface area contributed by atoms with Gasteiger partial charge in [-0.1, -0.05) is 23.2 Å². The molecule has 0 aliphatic carbocycles. The average molecular weight is 330 g/mol. The maximum atomic E-state index is 12.6. The van der Waals surface area contributed by atoms with Crippen molar-refractivity contribution in [2.45, 2.75) is 25.4 Å². The van der Waals surface area contributed by atoms with Crippen molar-refractivity contribution < 1.29 is 14.6 Å². The van der Waals surface area contributed by atoms with Gasteiger partial charge in [-0.25, -0.2) is 0 Å². The van der Waals surface area contributed by atoms with E-state index in [9.17, 15) is 9.90 Å². The Bertz CT molecular complexity index is 541. The molecule has 2 aliphatic rings. The van der Waals surface area contributed by atoms with Crippen LogP contribution in [0.3, 0.4) is 0 Å². The lowest BCUT2D eigenvalue weighted by molar-refractivity contribution is -0.0607. The van der Waals surface area contributed by atoms with Gasteiger partial charge in [0.25, 0.3) is 5.91 Å². The summed E-state index contributed by atoms with van der Waals surface area (Å²) in [5.74, 6) is -0.0256. The van der Waals surface area contributed by atoms with E-state index in [0.29, 0.717) is 24.0 Å². The van der Waals surface area contributed by atoms with E-state index in [-0.39, 0.29) is 28.3 Å². The van der Waals surface area contributed by atoms with E-state index in [1.807, 2.05) is 0 Å². The van der Waals surface area contributed by atoms with Crippen LogP contribution in [0.4, 0.5) is 0 Å². The maximum Gasteiger partial charge on any atom is 0.259 e. The Morgan fingerprint density at radius 1 is 1.33 bits per heavy atom. The molecule has 114 valence electrons. The first kappa shape index (κ1) is 14.9. The third kappa shape index (κ3) is 2.98. The number of aromatic hydroxyl groups is 1. The third-order valence-corrected chi connectivity index (χ3v) is 4.77. The lowest BCUT2D eigenvalue weighted by Gasteiger charge is -2.41. The van der Waals surface area contributed by atoms with Crippen molar-refractivity contribution in [2.24, 2.45) is 5.92 Å². The first-order chi connectivity index (χ1) is 10.1. The second-order valence-corrected chi connectivity index (χ2v) is 6.48. The molecule has 2 heterocycles. The normalized spacial score (nSPS) is 25.5. The van der Waals surface area contributed by atoms with Crippen LogP contribution in [0, 0.1) is 5.92 Å². The number of nitrogens with zero attached hydrogens (tertiary/aromatic N) is 1. The third-order valence-electron chi connectivity index (χ3n) is 4.25. The molecule has 2 atom stereocenters. The molecule has 21 heavy (non-hydrogen) atoms. The van der Waals surface area contributed by atoms with Crippen molar-refractivity contribution in [2.75, 3.05) is 19.7 Å². The number of carbonyl (C=O) groups excluding carboxylic acids is 1. The predicted octanol–water partition coefficient (Wildman–Crippen LogP) is 3.34. The van der Waals surface area contributed by atoms with Gasteiger partial charge >= 0.3 is 0 Å². The minimum Gasteiger partial charge on any atom is -0.507 e. The first-order valence-corrected chi connectivity index (χ1v) is 7.90. The summed E-state index contributed by atoms with van der Waals surface area (Å²) in [5, 5.41) is 10.5. The van der Waals surface area contributed by atoms with E-state index >= 15 is 0 Å². The van der Waals surface area contributed by atoms with Gasteiger partial charge < -0.3 is 14.7 Å². The van der Waals surface area contributed by atoms with Gasteiger partial charge in [-0.05, 0) is 31.4 Å². The van der Waals surface area contributed by atoms with Crippen LogP contribution in [0.2, 0.25) is 10.0 Å². The summed E-state index contributed by atoms with van der Waals surface area (Å²) >= 11 is 11.9. The van der Waals surface area contributed by atoms with Crippen LogP contribution >= 0.6 is 23.2 Å². The minimum atomic E-state index is -0.238. The lowest BCUT2D eigenvalue weighted by atomic mass is 9.88. The number of piperidine rings is 1. The highest BCUT2D eigenvalue weighted by molar-refractivity contribution is 6.37. The fourth-order valence-corrected chi connectivity index (χ4v) is 3.77. The molecule has 0 unspecified atom stereocenters. The van der Waals surface area contributed by atoms with Gasteiger partial charge in [-0.2, -0.15) is 0 Å². The fourth-order valence-electron chi connectivity index (χ4n) is 3.20. The molecule has 3 rings (SSSR count). The van der Waals surface area contributed by atoms with Crippen LogP contribution in [0.1, 0.15) is 29.6 Å². The number of rotatable bonds is 1. The number of phenols is 1. The number of amides is 1. The second-order valence-electron chi connectivity index (χ2n) is 5.63. The fraction of sp³-hybridized carbons (Fsp3) is 0.533. The quantitative estimate of drug-likeness (QED) is 0.859. The van der Waals surface area contributed by atoms with Gasteiger partial charge in [0.1, 0.15) is 5.75 Å². The van der Waals surface area contributed by atoms with Gasteiger partial charge in [0.2, 0.25) is 0 Å². The molecule has 2 fully saturated rings. The number of carbonyl (C=O) groups is 1. The van der Waals surface area contributed by atoms with Crippen molar-refractivity contribution >= 4 is 29.1 Å². The molecule has 1 aromatic rings. The Kier molecular flexibility index (Phi) is 4.29. The average Bonchev–Trinajstić information content (AvgIpc) is 2.45. The highest BCUT2D eigenvalue weighted by atomic mass is 35.5. The Balaban J connectivity index is 1.80. The summed E-state index contributed by atoms with van der Waals surface area (Å²) in [5.41, 5.74) is 0.135. The number of fused-ring (bicyclic) bond motifs is 1. The summed E-state index contributed by atoms with van der Waals surface area (Å²) < 4.78 is 5.75. The van der Waals surface area contributed by atoms with Crippen molar-refractivity contribution in [1.82, 2.24) is 4.90 Å². The van der Waals surface area contributed by atoms with Gasteiger partial charge in [0, 0.05) is 30.6 Å². The monoisotopic (exact) mass is 329 g/mol. The summed E-state index contributed by atoms with van der Waals surface area (Å²) in [4.78, 5) is 14.4. The Morgan fingerprint density at radius 3 is 2.90 bits per heavy atom. The molecule has 0 aromatic heterocycles. The Hall–Kier alpha value is -0.970. The van der Waals surface area contributed by atoms with Gasteiger partial charge in [0.15, 0.2) is 0 Å². The topological polar surface area (TPSA) is 49.8 Å². The number of hydrogen-bond acceptors (Lipinski definition) is 3. The zero-order chi connectivity index (χ0) is 15.0. The SMILES string of the molecule is O=C(c1c(O)cc(Cl)cc1Cl)N1CC[C@@H]2OCCC[C@@H]2C1. The van der Waals surface area contributed by atoms with Crippen LogP contribution in [-0.2, 0) is 4.74 Å². The molecule has 0 radical (unpaired) electrons. The first-order valence-electron chi connectivity index (χ1n) is 7.15. The largest absolute Gasteiger partial charge is 0.507 e. The van der Waals surface area contributed by atoms with Gasteiger partial charge in [-0.15, -0.1) is 0 Å². The van der Waals surface area contributed by atoms with E-state index in [1.54, 1.807) is 4.90 Å². The van der Waals surface area contributed by atoms with E-state index in [4.69, 9.17) is 27.9 Å². The van der Waals surface area contributed by atoms with E-state index < -0.39 is 0 Å². The standard InChI is InChI=1S/C15H17Cl2NO3/c16-10-6-11(17)14(12(19)7-10)15(20)18-4-3-13-9(8-18)2-1-5-21-13/h6-7,9,13,19H,1-5,8H2/t9-,13+/m1/s1. The molecule has 4 nitrogen and oxygen atoms in total. The summed E-state index contributed by atoms with van der Waals surface area (Å²) in [7, 11) is 0. The number of benzene rings is 1. The van der Waals surface area contributed by atoms with Crippen molar-refractivity contribution in [3.63, 3.8) is 0 Å². The van der Waals surface area contributed by atoms with Crippen LogP contribution in [-0.4, -0.2) is 41.7 Å². The predicted molar refractivity (Wildman–Crippen MR) is 81.1 cm³/mol. The molecule has 0 saturated carbocycles. The van der Waals surface area contributed by atoms with E-state index in [0.717, 1.165) is 25.9 Å². The number of halogens is 2.